The minimum Gasteiger partial charge on any atom is -0.353 e. The number of halogens is 1. The standard InChI is InChI=1S/C20H26FN3OS/c21-15-5-6-17-18(13-15)26-23-20(17)14-7-10-24(11-8-14)12-9-16-3-1-2-4-19(25)22-16/h5-6,13-14,16H,1-4,7-12H2,(H,22,25). The fourth-order valence-electron chi connectivity index (χ4n) is 4.26. The Morgan fingerprint density at radius 3 is 2.92 bits per heavy atom. The molecule has 0 spiro atoms. The molecule has 4 rings (SSSR count). The number of rotatable bonds is 4. The largest absolute Gasteiger partial charge is 0.353 e. The molecule has 4 nitrogen and oxygen atoms in total. The molecule has 1 atom stereocenters. The summed E-state index contributed by atoms with van der Waals surface area (Å²) in [5, 5.41) is 4.29. The molecular weight excluding hydrogens is 349 g/mol. The fraction of sp³-hybridized carbons (Fsp3) is 0.600. The number of nitrogens with zero attached hydrogens (tertiary/aromatic N) is 2. The summed E-state index contributed by atoms with van der Waals surface area (Å²) in [4.78, 5) is 14.2. The van der Waals surface area contributed by atoms with Crippen molar-refractivity contribution in [1.82, 2.24) is 14.6 Å². The van der Waals surface area contributed by atoms with Gasteiger partial charge in [0.05, 0.1) is 10.4 Å². The summed E-state index contributed by atoms with van der Waals surface area (Å²) >= 11 is 1.41. The Balaban J connectivity index is 1.30. The van der Waals surface area contributed by atoms with Crippen LogP contribution in [0.4, 0.5) is 4.39 Å². The van der Waals surface area contributed by atoms with Crippen molar-refractivity contribution in [2.75, 3.05) is 19.6 Å². The molecule has 1 N–H and O–H groups in total. The molecule has 1 aromatic heterocycles. The Bertz CT molecular complexity index is 770. The highest BCUT2D eigenvalue weighted by Gasteiger charge is 2.25. The monoisotopic (exact) mass is 375 g/mol. The van der Waals surface area contributed by atoms with Gasteiger partial charge >= 0.3 is 0 Å². The number of piperidine rings is 1. The first-order chi connectivity index (χ1) is 12.7. The molecule has 0 radical (unpaired) electrons. The zero-order chi connectivity index (χ0) is 17.9. The molecule has 1 unspecified atom stereocenters. The minimum absolute atomic E-state index is 0.187. The van der Waals surface area contributed by atoms with Gasteiger partial charge in [0.15, 0.2) is 0 Å². The lowest BCUT2D eigenvalue weighted by Gasteiger charge is -2.32. The van der Waals surface area contributed by atoms with Crippen LogP contribution < -0.4 is 5.32 Å². The van der Waals surface area contributed by atoms with Crippen molar-refractivity contribution in [3.05, 3.63) is 29.7 Å². The Hall–Kier alpha value is -1.53. The maximum Gasteiger partial charge on any atom is 0.220 e. The third-order valence-corrected chi connectivity index (χ3v) is 6.62. The van der Waals surface area contributed by atoms with Crippen molar-refractivity contribution in [3.8, 4) is 0 Å². The lowest BCUT2D eigenvalue weighted by atomic mass is 9.91. The van der Waals surface area contributed by atoms with Gasteiger partial charge in [-0.2, -0.15) is 4.37 Å². The molecule has 0 saturated carbocycles. The molecule has 140 valence electrons. The Morgan fingerprint density at radius 1 is 1.23 bits per heavy atom. The zero-order valence-electron chi connectivity index (χ0n) is 15.0. The molecule has 1 amide bonds. The topological polar surface area (TPSA) is 45.2 Å². The summed E-state index contributed by atoms with van der Waals surface area (Å²) in [6.07, 6.45) is 7.24. The van der Waals surface area contributed by atoms with Crippen molar-refractivity contribution in [2.24, 2.45) is 0 Å². The summed E-state index contributed by atoms with van der Waals surface area (Å²) in [6.45, 7) is 3.21. The van der Waals surface area contributed by atoms with Gasteiger partial charge < -0.3 is 10.2 Å². The zero-order valence-corrected chi connectivity index (χ0v) is 15.9. The van der Waals surface area contributed by atoms with E-state index in [0.29, 0.717) is 18.4 Å². The predicted molar refractivity (Wildman–Crippen MR) is 103 cm³/mol. The Kier molecular flexibility index (Phi) is 5.50. The van der Waals surface area contributed by atoms with Gasteiger partial charge in [-0.1, -0.05) is 6.42 Å². The van der Waals surface area contributed by atoms with Gasteiger partial charge in [-0.15, -0.1) is 0 Å². The first-order valence-electron chi connectivity index (χ1n) is 9.75. The third-order valence-electron chi connectivity index (χ3n) is 5.80. The number of carbonyl (C=O) groups is 1. The molecule has 1 aromatic carbocycles. The van der Waals surface area contributed by atoms with Crippen molar-refractivity contribution < 1.29 is 9.18 Å². The molecule has 2 aliphatic rings. The quantitative estimate of drug-likeness (QED) is 0.876. The van der Waals surface area contributed by atoms with E-state index in [1.54, 1.807) is 6.07 Å². The highest BCUT2D eigenvalue weighted by molar-refractivity contribution is 7.13. The molecule has 6 heteroatoms. The minimum atomic E-state index is -0.187. The van der Waals surface area contributed by atoms with Crippen molar-refractivity contribution in [1.29, 1.82) is 0 Å². The second-order valence-corrected chi connectivity index (χ2v) is 8.43. The molecule has 0 aliphatic carbocycles. The van der Waals surface area contributed by atoms with Crippen molar-refractivity contribution in [2.45, 2.75) is 56.9 Å². The molecule has 2 fully saturated rings. The van der Waals surface area contributed by atoms with E-state index < -0.39 is 0 Å². The van der Waals surface area contributed by atoms with Gasteiger partial charge in [-0.25, -0.2) is 4.39 Å². The average molecular weight is 376 g/mol. The number of hydrogen-bond donors (Lipinski definition) is 1. The normalized spacial score (nSPS) is 23.1. The van der Waals surface area contributed by atoms with Gasteiger partial charge in [0.2, 0.25) is 5.91 Å². The summed E-state index contributed by atoms with van der Waals surface area (Å²) in [5.74, 6) is 0.509. The Labute approximate surface area is 157 Å². The van der Waals surface area contributed by atoms with Crippen LogP contribution in [0.15, 0.2) is 18.2 Å². The van der Waals surface area contributed by atoms with Crippen LogP contribution in [0.3, 0.4) is 0 Å². The van der Waals surface area contributed by atoms with E-state index in [1.807, 2.05) is 6.07 Å². The van der Waals surface area contributed by atoms with E-state index >= 15 is 0 Å². The van der Waals surface area contributed by atoms with E-state index in [-0.39, 0.29) is 11.7 Å². The number of fused-ring (bicyclic) bond motifs is 1. The lowest BCUT2D eigenvalue weighted by Crippen LogP contribution is -2.39. The molecular formula is C20H26FN3OS. The summed E-state index contributed by atoms with van der Waals surface area (Å²) in [7, 11) is 0. The molecule has 2 aliphatic heterocycles. The number of aromatic nitrogens is 1. The SMILES string of the molecule is O=C1CCCCC(CCN2CCC(c3nsc4cc(F)ccc34)CC2)N1. The smallest absolute Gasteiger partial charge is 0.220 e. The van der Waals surface area contributed by atoms with Gasteiger partial charge in [-0.3, -0.25) is 4.79 Å². The van der Waals surface area contributed by atoms with Crippen molar-refractivity contribution in [3.63, 3.8) is 0 Å². The van der Waals surface area contributed by atoms with E-state index in [0.717, 1.165) is 73.9 Å². The van der Waals surface area contributed by atoms with Crippen molar-refractivity contribution >= 4 is 27.5 Å². The van der Waals surface area contributed by atoms with Gasteiger partial charge in [0.1, 0.15) is 5.82 Å². The molecule has 2 saturated heterocycles. The second-order valence-electron chi connectivity index (χ2n) is 7.62. The molecule has 0 bridgehead atoms. The van der Waals surface area contributed by atoms with Gasteiger partial charge in [0.25, 0.3) is 0 Å². The number of likely N-dealkylation sites (tertiary alicyclic amines) is 1. The highest BCUT2D eigenvalue weighted by Crippen LogP contribution is 2.34. The maximum atomic E-state index is 13.4. The van der Waals surface area contributed by atoms with Gasteiger partial charge in [0, 0.05) is 30.3 Å². The van der Waals surface area contributed by atoms with Crippen LogP contribution in [0.25, 0.3) is 10.1 Å². The van der Waals surface area contributed by atoms with Crippen LogP contribution in [0.1, 0.15) is 56.6 Å². The summed E-state index contributed by atoms with van der Waals surface area (Å²) < 4.78 is 19.0. The first kappa shape index (κ1) is 17.9. The third kappa shape index (κ3) is 4.07. The number of hydrogen-bond acceptors (Lipinski definition) is 4. The second kappa shape index (κ2) is 8.01. The predicted octanol–water partition coefficient (Wildman–Crippen LogP) is 4.06. The van der Waals surface area contributed by atoms with E-state index in [4.69, 9.17) is 0 Å². The maximum absolute atomic E-state index is 13.4. The van der Waals surface area contributed by atoms with Crippen LogP contribution in [-0.2, 0) is 4.79 Å². The van der Waals surface area contributed by atoms with E-state index in [1.165, 1.54) is 17.6 Å². The average Bonchev–Trinajstić information content (AvgIpc) is 2.94. The summed E-state index contributed by atoms with van der Waals surface area (Å²) in [5.41, 5.74) is 1.15. The highest BCUT2D eigenvalue weighted by atomic mass is 32.1. The van der Waals surface area contributed by atoms with Crippen LogP contribution in [0.5, 0.6) is 0 Å². The first-order valence-corrected chi connectivity index (χ1v) is 10.5. The van der Waals surface area contributed by atoms with E-state index in [9.17, 15) is 9.18 Å². The Morgan fingerprint density at radius 2 is 2.08 bits per heavy atom. The van der Waals surface area contributed by atoms with Crippen LogP contribution >= 0.6 is 11.5 Å². The molecule has 3 heterocycles. The number of amides is 1. The number of carbonyl (C=O) groups excluding carboxylic acids is 1. The van der Waals surface area contributed by atoms with Crippen LogP contribution in [-0.4, -0.2) is 40.9 Å². The lowest BCUT2D eigenvalue weighted by molar-refractivity contribution is -0.121. The number of benzene rings is 1. The molecule has 26 heavy (non-hydrogen) atoms. The van der Waals surface area contributed by atoms with Crippen LogP contribution in [0.2, 0.25) is 0 Å². The summed E-state index contributed by atoms with van der Waals surface area (Å²) in [6, 6.07) is 5.35. The van der Waals surface area contributed by atoms with E-state index in [2.05, 4.69) is 14.6 Å². The molecule has 2 aromatic rings. The van der Waals surface area contributed by atoms with Crippen LogP contribution in [0, 0.1) is 5.82 Å². The van der Waals surface area contributed by atoms with Gasteiger partial charge in [-0.05, 0) is 74.9 Å². The number of nitrogens with one attached hydrogen (secondary N) is 1. The fourth-order valence-corrected chi connectivity index (χ4v) is 5.14.